The Morgan fingerprint density at radius 2 is 1.21 bits per heavy atom. The van der Waals surface area contributed by atoms with E-state index in [9.17, 15) is 0 Å². The number of aryl methyl sites for hydroxylation is 2. The molecule has 0 radical (unpaired) electrons. The summed E-state index contributed by atoms with van der Waals surface area (Å²) in [7, 11) is 0. The number of benzene rings is 3. The van der Waals surface area contributed by atoms with Crippen LogP contribution in [0.25, 0.3) is 21.5 Å². The maximum atomic E-state index is 2.35. The van der Waals surface area contributed by atoms with E-state index in [4.69, 9.17) is 0 Å². The Bertz CT molecular complexity index is 850. The zero-order valence-corrected chi connectivity index (χ0v) is 18.1. The first-order valence-electron chi connectivity index (χ1n) is 11.8. The van der Waals surface area contributed by atoms with Crippen molar-refractivity contribution in [2.45, 2.75) is 90.9 Å². The van der Waals surface area contributed by atoms with Crippen LogP contribution in [-0.2, 0) is 12.8 Å². The van der Waals surface area contributed by atoms with Crippen molar-refractivity contribution in [3.05, 3.63) is 59.7 Å². The standard InChI is InChI=1S/C18H16.C10H22/c1-3-7-15-13(5-1)9-11-18-16-8-4-2-6-14(16)10-12-17(15)18;1-3-5-7-9-10-8-6-4-2/h1,3,5,7,9-12H,2,4,6,8H2;3-10H2,1-2H3. The van der Waals surface area contributed by atoms with Crippen molar-refractivity contribution in [2.75, 3.05) is 0 Å². The predicted octanol–water partition coefficient (Wildman–Crippen LogP) is 9.02. The van der Waals surface area contributed by atoms with Gasteiger partial charge in [-0.25, -0.2) is 0 Å². The van der Waals surface area contributed by atoms with Crippen LogP contribution in [-0.4, -0.2) is 0 Å². The molecule has 0 unspecified atom stereocenters. The fourth-order valence-corrected chi connectivity index (χ4v) is 4.55. The minimum atomic E-state index is 1.25. The average molecular weight is 375 g/mol. The maximum Gasteiger partial charge on any atom is -0.0102 e. The quantitative estimate of drug-likeness (QED) is 0.286. The van der Waals surface area contributed by atoms with Crippen molar-refractivity contribution >= 4 is 21.5 Å². The normalized spacial score (nSPS) is 13.2. The van der Waals surface area contributed by atoms with E-state index in [2.05, 4.69) is 62.4 Å². The summed E-state index contributed by atoms with van der Waals surface area (Å²) in [6.45, 7) is 4.54. The van der Waals surface area contributed by atoms with Crippen LogP contribution >= 0.6 is 0 Å². The molecule has 0 N–H and O–H groups in total. The molecule has 1 aliphatic rings. The lowest BCUT2D eigenvalue weighted by Crippen LogP contribution is -2.02. The Kier molecular flexibility index (Phi) is 8.40. The van der Waals surface area contributed by atoms with E-state index in [-0.39, 0.29) is 0 Å². The summed E-state index contributed by atoms with van der Waals surface area (Å²) in [5, 5.41) is 5.64. The third-order valence-electron chi connectivity index (χ3n) is 6.21. The summed E-state index contributed by atoms with van der Waals surface area (Å²) in [6.07, 6.45) is 16.7. The van der Waals surface area contributed by atoms with Gasteiger partial charge in [-0.15, -0.1) is 0 Å². The highest BCUT2D eigenvalue weighted by molar-refractivity contribution is 6.08. The molecule has 0 atom stereocenters. The monoisotopic (exact) mass is 374 g/mol. The van der Waals surface area contributed by atoms with E-state index in [1.807, 2.05) is 0 Å². The third kappa shape index (κ3) is 5.37. The largest absolute Gasteiger partial charge is 0.0654 e. The van der Waals surface area contributed by atoms with E-state index in [0.29, 0.717) is 0 Å². The zero-order chi connectivity index (χ0) is 19.6. The highest BCUT2D eigenvalue weighted by Crippen LogP contribution is 2.33. The molecule has 0 aliphatic heterocycles. The van der Waals surface area contributed by atoms with Gasteiger partial charge in [-0.3, -0.25) is 0 Å². The van der Waals surface area contributed by atoms with Gasteiger partial charge in [-0.1, -0.05) is 114 Å². The topological polar surface area (TPSA) is 0 Å². The van der Waals surface area contributed by atoms with E-state index in [1.54, 1.807) is 11.1 Å². The molecule has 0 heteroatoms. The Labute approximate surface area is 172 Å². The number of hydrogen-bond acceptors (Lipinski definition) is 0. The highest BCUT2D eigenvalue weighted by atomic mass is 14.2. The fraction of sp³-hybridized carbons (Fsp3) is 0.500. The lowest BCUT2D eigenvalue weighted by molar-refractivity contribution is 0.585. The summed E-state index contributed by atoms with van der Waals surface area (Å²) in [5.74, 6) is 0. The second-order valence-corrected chi connectivity index (χ2v) is 8.41. The van der Waals surface area contributed by atoms with E-state index in [1.165, 1.54) is 98.6 Å². The van der Waals surface area contributed by atoms with Crippen molar-refractivity contribution in [1.82, 2.24) is 0 Å². The summed E-state index contributed by atoms with van der Waals surface area (Å²) >= 11 is 0. The number of unbranched alkanes of at least 4 members (excludes halogenated alkanes) is 7. The van der Waals surface area contributed by atoms with Crippen LogP contribution in [0.5, 0.6) is 0 Å². The summed E-state index contributed by atoms with van der Waals surface area (Å²) < 4.78 is 0. The van der Waals surface area contributed by atoms with Gasteiger partial charge in [0.2, 0.25) is 0 Å². The lowest BCUT2D eigenvalue weighted by Gasteiger charge is -2.18. The molecular weight excluding hydrogens is 336 g/mol. The van der Waals surface area contributed by atoms with Crippen molar-refractivity contribution in [2.24, 2.45) is 0 Å². The zero-order valence-electron chi connectivity index (χ0n) is 18.1. The van der Waals surface area contributed by atoms with Gasteiger partial charge in [0.05, 0.1) is 0 Å². The van der Waals surface area contributed by atoms with Crippen LogP contribution < -0.4 is 0 Å². The van der Waals surface area contributed by atoms with E-state index < -0.39 is 0 Å². The second kappa shape index (κ2) is 11.2. The molecule has 1 aliphatic carbocycles. The lowest BCUT2D eigenvalue weighted by atomic mass is 9.86. The molecule has 150 valence electrons. The molecule has 0 spiro atoms. The first-order valence-corrected chi connectivity index (χ1v) is 11.8. The molecule has 0 bridgehead atoms. The summed E-state index contributed by atoms with van der Waals surface area (Å²) in [6, 6.07) is 18.0. The van der Waals surface area contributed by atoms with Crippen molar-refractivity contribution in [3.8, 4) is 0 Å². The van der Waals surface area contributed by atoms with Crippen LogP contribution in [0, 0.1) is 0 Å². The molecule has 3 aromatic carbocycles. The molecular formula is C28H38. The van der Waals surface area contributed by atoms with Crippen LogP contribution in [0.3, 0.4) is 0 Å². The summed E-state index contributed by atoms with van der Waals surface area (Å²) in [4.78, 5) is 0. The maximum absolute atomic E-state index is 2.35. The Balaban J connectivity index is 0.000000195. The minimum Gasteiger partial charge on any atom is -0.0654 e. The van der Waals surface area contributed by atoms with Gasteiger partial charge in [0, 0.05) is 0 Å². The Morgan fingerprint density at radius 3 is 1.96 bits per heavy atom. The molecule has 0 amide bonds. The molecule has 28 heavy (non-hydrogen) atoms. The predicted molar refractivity (Wildman–Crippen MR) is 126 cm³/mol. The molecule has 3 aromatic rings. The van der Waals surface area contributed by atoms with Crippen LogP contribution in [0.1, 0.15) is 89.2 Å². The smallest absolute Gasteiger partial charge is 0.0102 e. The molecule has 0 fully saturated rings. The minimum absolute atomic E-state index is 1.25. The Hall–Kier alpha value is -1.82. The molecule has 0 heterocycles. The van der Waals surface area contributed by atoms with Gasteiger partial charge in [0.25, 0.3) is 0 Å². The first kappa shape index (κ1) is 20.9. The van der Waals surface area contributed by atoms with Gasteiger partial charge >= 0.3 is 0 Å². The average Bonchev–Trinajstić information content (AvgIpc) is 2.76. The van der Waals surface area contributed by atoms with E-state index in [0.717, 1.165) is 0 Å². The van der Waals surface area contributed by atoms with Crippen molar-refractivity contribution < 1.29 is 0 Å². The van der Waals surface area contributed by atoms with Crippen LogP contribution in [0.15, 0.2) is 48.5 Å². The van der Waals surface area contributed by atoms with Gasteiger partial charge in [0.1, 0.15) is 0 Å². The SMILES string of the molecule is CCCCCCCCCC.c1ccc2c(c1)ccc1c3c(ccc12)CCCC3. The number of fused-ring (bicyclic) bond motifs is 5. The number of hydrogen-bond donors (Lipinski definition) is 0. The molecule has 4 rings (SSSR count). The van der Waals surface area contributed by atoms with Gasteiger partial charge < -0.3 is 0 Å². The third-order valence-corrected chi connectivity index (χ3v) is 6.21. The van der Waals surface area contributed by atoms with Crippen LogP contribution in [0.4, 0.5) is 0 Å². The van der Waals surface area contributed by atoms with Gasteiger partial charge in [0.15, 0.2) is 0 Å². The Morgan fingerprint density at radius 1 is 0.571 bits per heavy atom. The van der Waals surface area contributed by atoms with Crippen LogP contribution in [0.2, 0.25) is 0 Å². The highest BCUT2D eigenvalue weighted by Gasteiger charge is 2.13. The second-order valence-electron chi connectivity index (χ2n) is 8.41. The fourth-order valence-electron chi connectivity index (χ4n) is 4.55. The first-order chi connectivity index (χ1) is 13.8. The van der Waals surface area contributed by atoms with Crippen molar-refractivity contribution in [3.63, 3.8) is 0 Å². The molecule has 0 aromatic heterocycles. The molecule has 0 nitrogen and oxygen atoms in total. The number of rotatable bonds is 7. The molecule has 0 saturated heterocycles. The van der Waals surface area contributed by atoms with Gasteiger partial charge in [-0.05, 0) is 58.4 Å². The van der Waals surface area contributed by atoms with Gasteiger partial charge in [-0.2, -0.15) is 0 Å². The summed E-state index contributed by atoms with van der Waals surface area (Å²) in [5.41, 5.74) is 3.17. The van der Waals surface area contributed by atoms with Crippen molar-refractivity contribution in [1.29, 1.82) is 0 Å². The van der Waals surface area contributed by atoms with E-state index >= 15 is 0 Å². The molecule has 0 saturated carbocycles.